The van der Waals surface area contributed by atoms with Crippen molar-refractivity contribution in [1.29, 1.82) is 0 Å². The Labute approximate surface area is 154 Å². The van der Waals surface area contributed by atoms with Crippen molar-refractivity contribution < 1.29 is 18.8 Å². The standard InChI is InChI=1S/C18H17FN4O4/c19-15-4-2-14(3-5-15)18(24)21-20-12-13-1-6-16(17(11-13)23(25)26)22-7-9-27-10-8-22/h1-6,11-12H,7-10H2,(H,21,24). The van der Waals surface area contributed by atoms with E-state index in [1.165, 1.54) is 36.5 Å². The molecule has 0 saturated carbocycles. The molecule has 1 fully saturated rings. The number of nitro benzene ring substituents is 1. The number of carbonyl (C=O) groups is 1. The predicted octanol–water partition coefficient (Wildman–Crippen LogP) is 2.33. The monoisotopic (exact) mass is 372 g/mol. The lowest BCUT2D eigenvalue weighted by atomic mass is 10.1. The molecule has 0 bridgehead atoms. The Kier molecular flexibility index (Phi) is 5.72. The van der Waals surface area contributed by atoms with E-state index in [1.54, 1.807) is 12.1 Å². The Bertz CT molecular complexity index is 864. The summed E-state index contributed by atoms with van der Waals surface area (Å²) in [6.45, 7) is 2.22. The van der Waals surface area contributed by atoms with Crippen molar-refractivity contribution in [1.82, 2.24) is 5.43 Å². The van der Waals surface area contributed by atoms with Gasteiger partial charge in [-0.25, -0.2) is 9.82 Å². The summed E-state index contributed by atoms with van der Waals surface area (Å²) in [4.78, 5) is 24.8. The van der Waals surface area contributed by atoms with Crippen LogP contribution in [0.15, 0.2) is 47.6 Å². The van der Waals surface area contributed by atoms with Crippen LogP contribution in [0.25, 0.3) is 0 Å². The quantitative estimate of drug-likeness (QED) is 0.494. The highest BCUT2D eigenvalue weighted by atomic mass is 19.1. The molecule has 1 heterocycles. The fourth-order valence-corrected chi connectivity index (χ4v) is 2.67. The minimum atomic E-state index is -0.509. The summed E-state index contributed by atoms with van der Waals surface area (Å²) in [5, 5.41) is 15.2. The van der Waals surface area contributed by atoms with Crippen molar-refractivity contribution in [2.75, 3.05) is 31.2 Å². The molecule has 0 radical (unpaired) electrons. The first-order valence-electron chi connectivity index (χ1n) is 8.25. The molecule has 0 unspecified atom stereocenters. The van der Waals surface area contributed by atoms with E-state index in [0.29, 0.717) is 37.6 Å². The predicted molar refractivity (Wildman–Crippen MR) is 97.6 cm³/mol. The Morgan fingerprint density at radius 1 is 1.22 bits per heavy atom. The molecule has 0 spiro atoms. The van der Waals surface area contributed by atoms with Crippen LogP contribution in [0.1, 0.15) is 15.9 Å². The average Bonchev–Trinajstić information content (AvgIpc) is 2.69. The van der Waals surface area contributed by atoms with E-state index in [2.05, 4.69) is 10.5 Å². The molecule has 1 N–H and O–H groups in total. The van der Waals surface area contributed by atoms with Gasteiger partial charge >= 0.3 is 0 Å². The number of nitro groups is 1. The molecule has 1 aliphatic rings. The van der Waals surface area contributed by atoms with Crippen molar-refractivity contribution in [2.45, 2.75) is 0 Å². The normalized spacial score (nSPS) is 14.3. The van der Waals surface area contributed by atoms with Gasteiger partial charge in [0.15, 0.2) is 0 Å². The molecular formula is C18H17FN4O4. The molecule has 0 aromatic heterocycles. The third-order valence-corrected chi connectivity index (χ3v) is 4.03. The molecule has 1 amide bonds. The highest BCUT2D eigenvalue weighted by Gasteiger charge is 2.21. The first-order chi connectivity index (χ1) is 13.0. The number of benzene rings is 2. The van der Waals surface area contributed by atoms with Crippen molar-refractivity contribution in [3.8, 4) is 0 Å². The summed E-state index contributed by atoms with van der Waals surface area (Å²) in [7, 11) is 0. The third-order valence-electron chi connectivity index (χ3n) is 4.03. The van der Waals surface area contributed by atoms with Gasteiger partial charge in [-0.2, -0.15) is 5.10 Å². The van der Waals surface area contributed by atoms with E-state index in [9.17, 15) is 19.3 Å². The lowest BCUT2D eigenvalue weighted by Crippen LogP contribution is -2.36. The number of amides is 1. The van der Waals surface area contributed by atoms with Crippen LogP contribution in [-0.2, 0) is 4.74 Å². The number of hydrogen-bond acceptors (Lipinski definition) is 6. The van der Waals surface area contributed by atoms with Gasteiger partial charge in [-0.15, -0.1) is 0 Å². The number of morpholine rings is 1. The number of ether oxygens (including phenoxy) is 1. The number of carbonyl (C=O) groups excluding carboxylic acids is 1. The SMILES string of the molecule is O=C(NN=Cc1ccc(N2CCOCC2)c([N+](=O)[O-])c1)c1ccc(F)cc1. The van der Waals surface area contributed by atoms with E-state index in [-0.39, 0.29) is 11.3 Å². The van der Waals surface area contributed by atoms with Gasteiger partial charge in [-0.1, -0.05) is 6.07 Å². The lowest BCUT2D eigenvalue weighted by molar-refractivity contribution is -0.384. The molecule has 0 aliphatic carbocycles. The maximum Gasteiger partial charge on any atom is 0.293 e. The van der Waals surface area contributed by atoms with Gasteiger partial charge in [-0.3, -0.25) is 14.9 Å². The second kappa shape index (κ2) is 8.37. The molecule has 140 valence electrons. The first-order valence-corrected chi connectivity index (χ1v) is 8.25. The number of rotatable bonds is 5. The summed E-state index contributed by atoms with van der Waals surface area (Å²) in [5.74, 6) is -0.951. The number of nitrogens with zero attached hydrogens (tertiary/aromatic N) is 3. The van der Waals surface area contributed by atoms with Crippen molar-refractivity contribution in [3.63, 3.8) is 0 Å². The van der Waals surface area contributed by atoms with Crippen LogP contribution >= 0.6 is 0 Å². The minimum absolute atomic E-state index is 0.0364. The molecule has 2 aromatic rings. The molecule has 1 aliphatic heterocycles. The van der Waals surface area contributed by atoms with E-state index in [0.717, 1.165) is 0 Å². The molecule has 1 saturated heterocycles. The van der Waals surface area contributed by atoms with Crippen LogP contribution < -0.4 is 10.3 Å². The maximum atomic E-state index is 12.9. The highest BCUT2D eigenvalue weighted by Crippen LogP contribution is 2.29. The summed E-state index contributed by atoms with van der Waals surface area (Å²) in [6, 6.07) is 9.76. The Morgan fingerprint density at radius 2 is 1.93 bits per heavy atom. The lowest BCUT2D eigenvalue weighted by Gasteiger charge is -2.28. The van der Waals surface area contributed by atoms with Gasteiger partial charge < -0.3 is 9.64 Å². The second-order valence-electron chi connectivity index (χ2n) is 5.81. The van der Waals surface area contributed by atoms with Gasteiger partial charge in [-0.05, 0) is 30.3 Å². The molecular weight excluding hydrogens is 355 g/mol. The molecule has 0 atom stereocenters. The Hall–Kier alpha value is -3.33. The molecule has 9 heteroatoms. The Balaban J connectivity index is 1.71. The van der Waals surface area contributed by atoms with Gasteiger partial charge in [0.05, 0.1) is 24.4 Å². The zero-order chi connectivity index (χ0) is 19.2. The minimum Gasteiger partial charge on any atom is -0.378 e. The number of nitrogens with one attached hydrogen (secondary N) is 1. The summed E-state index contributed by atoms with van der Waals surface area (Å²) in [5.41, 5.74) is 3.51. The largest absolute Gasteiger partial charge is 0.378 e. The summed E-state index contributed by atoms with van der Waals surface area (Å²) < 4.78 is 18.1. The molecule has 3 rings (SSSR count). The van der Waals surface area contributed by atoms with Crippen LogP contribution in [-0.4, -0.2) is 43.3 Å². The summed E-state index contributed by atoms with van der Waals surface area (Å²) >= 11 is 0. The zero-order valence-electron chi connectivity index (χ0n) is 14.3. The van der Waals surface area contributed by atoms with Gasteiger partial charge in [0.1, 0.15) is 11.5 Å². The van der Waals surface area contributed by atoms with Crippen LogP contribution in [0.5, 0.6) is 0 Å². The maximum absolute atomic E-state index is 12.9. The first kappa shape index (κ1) is 18.5. The van der Waals surface area contributed by atoms with Crippen molar-refractivity contribution >= 4 is 23.5 Å². The third kappa shape index (κ3) is 4.64. The van der Waals surface area contributed by atoms with Crippen LogP contribution in [0.3, 0.4) is 0 Å². The number of halogens is 1. The van der Waals surface area contributed by atoms with Crippen LogP contribution in [0.2, 0.25) is 0 Å². The van der Waals surface area contributed by atoms with Crippen molar-refractivity contribution in [2.24, 2.45) is 5.10 Å². The molecule has 27 heavy (non-hydrogen) atoms. The fraction of sp³-hybridized carbons (Fsp3) is 0.222. The Morgan fingerprint density at radius 3 is 2.59 bits per heavy atom. The average molecular weight is 372 g/mol. The molecule has 2 aromatic carbocycles. The summed E-state index contributed by atoms with van der Waals surface area (Å²) in [6.07, 6.45) is 1.32. The van der Waals surface area contributed by atoms with Gasteiger partial charge in [0.25, 0.3) is 11.6 Å². The van der Waals surface area contributed by atoms with E-state index in [4.69, 9.17) is 4.74 Å². The number of anilines is 1. The fourth-order valence-electron chi connectivity index (χ4n) is 2.67. The second-order valence-corrected chi connectivity index (χ2v) is 5.81. The van der Waals surface area contributed by atoms with E-state index >= 15 is 0 Å². The topological polar surface area (TPSA) is 97.1 Å². The zero-order valence-corrected chi connectivity index (χ0v) is 14.3. The van der Waals surface area contributed by atoms with E-state index < -0.39 is 16.6 Å². The number of hydrogen-bond donors (Lipinski definition) is 1. The van der Waals surface area contributed by atoms with Crippen LogP contribution in [0.4, 0.5) is 15.8 Å². The smallest absolute Gasteiger partial charge is 0.293 e. The van der Waals surface area contributed by atoms with Gasteiger partial charge in [0.2, 0.25) is 0 Å². The molecule has 8 nitrogen and oxygen atoms in total. The highest BCUT2D eigenvalue weighted by molar-refractivity contribution is 5.95. The van der Waals surface area contributed by atoms with Crippen molar-refractivity contribution in [3.05, 3.63) is 69.5 Å². The van der Waals surface area contributed by atoms with E-state index in [1.807, 2.05) is 4.90 Å². The van der Waals surface area contributed by atoms with Crippen LogP contribution in [0, 0.1) is 15.9 Å². The van der Waals surface area contributed by atoms with Gasteiger partial charge in [0, 0.05) is 30.3 Å². The number of hydrazone groups is 1.